The molecule has 3 N–H and O–H groups in total. The Balaban J connectivity index is 2.12. The van der Waals surface area contributed by atoms with Crippen LogP contribution in [0.1, 0.15) is 19.7 Å². The molecule has 0 radical (unpaired) electrons. The summed E-state index contributed by atoms with van der Waals surface area (Å²) < 4.78 is 1.82. The van der Waals surface area contributed by atoms with Crippen molar-refractivity contribution in [3.05, 3.63) is 30.2 Å². The van der Waals surface area contributed by atoms with Crippen molar-refractivity contribution in [2.45, 2.75) is 25.9 Å². The Labute approximate surface area is 98.8 Å². The van der Waals surface area contributed by atoms with E-state index in [0.717, 1.165) is 5.65 Å². The molecule has 0 aromatic carbocycles. The minimum Gasteiger partial charge on any atom is -0.347 e. The summed E-state index contributed by atoms with van der Waals surface area (Å²) in [4.78, 5) is 11.6. The summed E-state index contributed by atoms with van der Waals surface area (Å²) in [5, 5.41) is 10.7. The Morgan fingerprint density at radius 3 is 2.94 bits per heavy atom. The number of hydrogen-bond acceptors (Lipinski definition) is 4. The lowest BCUT2D eigenvalue weighted by atomic mass is 10.1. The van der Waals surface area contributed by atoms with Crippen LogP contribution >= 0.6 is 0 Å². The van der Waals surface area contributed by atoms with Gasteiger partial charge in [0.1, 0.15) is 0 Å². The van der Waals surface area contributed by atoms with E-state index in [9.17, 15) is 4.79 Å². The van der Waals surface area contributed by atoms with Gasteiger partial charge in [-0.1, -0.05) is 6.07 Å². The molecule has 0 saturated carbocycles. The summed E-state index contributed by atoms with van der Waals surface area (Å²) >= 11 is 0. The molecule has 1 amide bonds. The van der Waals surface area contributed by atoms with E-state index in [2.05, 4.69) is 15.5 Å². The van der Waals surface area contributed by atoms with E-state index in [4.69, 9.17) is 5.73 Å². The number of nitrogens with two attached hydrogens (primary N) is 1. The van der Waals surface area contributed by atoms with Gasteiger partial charge in [-0.3, -0.25) is 9.20 Å². The molecule has 0 aliphatic heterocycles. The fourth-order valence-electron chi connectivity index (χ4n) is 1.40. The smallest absolute Gasteiger partial charge is 0.239 e. The molecule has 6 heteroatoms. The van der Waals surface area contributed by atoms with Gasteiger partial charge in [-0.15, -0.1) is 10.2 Å². The van der Waals surface area contributed by atoms with Crippen molar-refractivity contribution in [2.75, 3.05) is 0 Å². The maximum absolute atomic E-state index is 11.6. The quantitative estimate of drug-likeness (QED) is 0.786. The normalized spacial score (nSPS) is 11.7. The topological polar surface area (TPSA) is 85.3 Å². The molecule has 0 aliphatic rings. The van der Waals surface area contributed by atoms with Crippen LogP contribution in [0.5, 0.6) is 0 Å². The summed E-state index contributed by atoms with van der Waals surface area (Å²) in [7, 11) is 0. The number of fused-ring (bicyclic) bond motifs is 1. The lowest BCUT2D eigenvalue weighted by Crippen LogP contribution is -2.48. The first-order chi connectivity index (χ1) is 7.98. The van der Waals surface area contributed by atoms with Crippen LogP contribution in [0.25, 0.3) is 5.65 Å². The summed E-state index contributed by atoms with van der Waals surface area (Å²) in [6, 6.07) is 5.62. The number of aromatic nitrogens is 3. The Kier molecular flexibility index (Phi) is 2.81. The van der Waals surface area contributed by atoms with Gasteiger partial charge in [-0.25, -0.2) is 0 Å². The SMILES string of the molecule is CC(C)(N)C(=O)NCc1nnc2ccccn12. The van der Waals surface area contributed by atoms with E-state index < -0.39 is 5.54 Å². The molecule has 2 aromatic heterocycles. The average Bonchev–Trinajstić information content (AvgIpc) is 2.68. The first-order valence-corrected chi connectivity index (χ1v) is 5.34. The molecule has 6 nitrogen and oxygen atoms in total. The van der Waals surface area contributed by atoms with Crippen LogP contribution in [0, 0.1) is 0 Å². The molecule has 17 heavy (non-hydrogen) atoms. The van der Waals surface area contributed by atoms with Crippen molar-refractivity contribution in [1.29, 1.82) is 0 Å². The number of carbonyl (C=O) groups excluding carboxylic acids is 1. The van der Waals surface area contributed by atoms with E-state index in [1.54, 1.807) is 13.8 Å². The lowest BCUT2D eigenvalue weighted by molar-refractivity contribution is -0.125. The highest BCUT2D eigenvalue weighted by Crippen LogP contribution is 2.03. The maximum Gasteiger partial charge on any atom is 0.239 e. The molecule has 0 unspecified atom stereocenters. The van der Waals surface area contributed by atoms with Crippen molar-refractivity contribution in [3.8, 4) is 0 Å². The molecule has 0 atom stereocenters. The summed E-state index contributed by atoms with van der Waals surface area (Å²) in [6.07, 6.45) is 1.85. The van der Waals surface area contributed by atoms with Crippen LogP contribution in [0.3, 0.4) is 0 Å². The molecule has 0 fully saturated rings. The van der Waals surface area contributed by atoms with Gasteiger partial charge in [0.25, 0.3) is 0 Å². The number of hydrogen-bond donors (Lipinski definition) is 2. The summed E-state index contributed by atoms with van der Waals surface area (Å²) in [6.45, 7) is 3.62. The van der Waals surface area contributed by atoms with Crippen LogP contribution in [0.2, 0.25) is 0 Å². The number of nitrogens with one attached hydrogen (secondary N) is 1. The lowest BCUT2D eigenvalue weighted by Gasteiger charge is -2.17. The van der Waals surface area contributed by atoms with Gasteiger partial charge < -0.3 is 11.1 Å². The highest BCUT2D eigenvalue weighted by Gasteiger charge is 2.21. The Hall–Kier alpha value is -1.95. The molecule has 2 aromatic rings. The fourth-order valence-corrected chi connectivity index (χ4v) is 1.40. The standard InChI is InChI=1S/C11H15N5O/c1-11(2,12)10(17)13-7-9-15-14-8-5-3-4-6-16(8)9/h3-6H,7,12H2,1-2H3,(H,13,17). The van der Waals surface area contributed by atoms with E-state index in [1.165, 1.54) is 0 Å². The number of nitrogens with zero attached hydrogens (tertiary/aromatic N) is 3. The van der Waals surface area contributed by atoms with E-state index in [-0.39, 0.29) is 5.91 Å². The average molecular weight is 233 g/mol. The van der Waals surface area contributed by atoms with Gasteiger partial charge >= 0.3 is 0 Å². The van der Waals surface area contributed by atoms with Crippen molar-refractivity contribution in [1.82, 2.24) is 19.9 Å². The third kappa shape index (κ3) is 2.42. The maximum atomic E-state index is 11.6. The third-order valence-corrected chi connectivity index (χ3v) is 2.38. The first-order valence-electron chi connectivity index (χ1n) is 5.34. The van der Waals surface area contributed by atoms with E-state index >= 15 is 0 Å². The molecule has 90 valence electrons. The molecule has 2 rings (SSSR count). The minimum absolute atomic E-state index is 0.217. The second-order valence-corrected chi connectivity index (χ2v) is 4.45. The fraction of sp³-hybridized carbons (Fsp3) is 0.364. The van der Waals surface area contributed by atoms with Crippen molar-refractivity contribution < 1.29 is 4.79 Å². The number of rotatable bonds is 3. The number of pyridine rings is 1. The van der Waals surface area contributed by atoms with Gasteiger partial charge in [0.15, 0.2) is 11.5 Å². The van der Waals surface area contributed by atoms with Crippen LogP contribution in [0.4, 0.5) is 0 Å². The molecular weight excluding hydrogens is 218 g/mol. The van der Waals surface area contributed by atoms with Crippen LogP contribution < -0.4 is 11.1 Å². The van der Waals surface area contributed by atoms with E-state index in [1.807, 2.05) is 28.8 Å². The van der Waals surface area contributed by atoms with Crippen molar-refractivity contribution in [2.24, 2.45) is 5.73 Å². The number of amides is 1. The predicted molar refractivity (Wildman–Crippen MR) is 63.1 cm³/mol. The summed E-state index contributed by atoms with van der Waals surface area (Å²) in [5.74, 6) is 0.461. The second kappa shape index (κ2) is 4.14. The highest BCUT2D eigenvalue weighted by atomic mass is 16.2. The van der Waals surface area contributed by atoms with Crippen molar-refractivity contribution in [3.63, 3.8) is 0 Å². The number of carbonyl (C=O) groups is 1. The van der Waals surface area contributed by atoms with Crippen molar-refractivity contribution >= 4 is 11.6 Å². The zero-order valence-corrected chi connectivity index (χ0v) is 9.84. The molecule has 0 spiro atoms. The van der Waals surface area contributed by atoms with Crippen LogP contribution in [0.15, 0.2) is 24.4 Å². The monoisotopic (exact) mass is 233 g/mol. The van der Waals surface area contributed by atoms with E-state index in [0.29, 0.717) is 12.4 Å². The largest absolute Gasteiger partial charge is 0.347 e. The van der Waals surface area contributed by atoms with Crippen LogP contribution in [-0.2, 0) is 11.3 Å². The van der Waals surface area contributed by atoms with Crippen LogP contribution in [-0.4, -0.2) is 26.0 Å². The molecule has 0 saturated heterocycles. The predicted octanol–water partition coefficient (Wildman–Crippen LogP) is 0.0828. The molecule has 2 heterocycles. The summed E-state index contributed by atoms with van der Waals surface area (Å²) in [5.41, 5.74) is 5.54. The molecule has 0 aliphatic carbocycles. The second-order valence-electron chi connectivity index (χ2n) is 4.45. The zero-order chi connectivity index (χ0) is 12.5. The zero-order valence-electron chi connectivity index (χ0n) is 9.84. The van der Waals surface area contributed by atoms with Gasteiger partial charge in [0.2, 0.25) is 5.91 Å². The van der Waals surface area contributed by atoms with Gasteiger partial charge in [-0.2, -0.15) is 0 Å². The Morgan fingerprint density at radius 2 is 2.24 bits per heavy atom. The Morgan fingerprint density at radius 1 is 1.47 bits per heavy atom. The van der Waals surface area contributed by atoms with Gasteiger partial charge in [0.05, 0.1) is 12.1 Å². The third-order valence-electron chi connectivity index (χ3n) is 2.38. The van der Waals surface area contributed by atoms with Gasteiger partial charge in [-0.05, 0) is 26.0 Å². The first kappa shape index (κ1) is 11.5. The molecular formula is C11H15N5O. The highest BCUT2D eigenvalue weighted by molar-refractivity contribution is 5.84. The molecule has 0 bridgehead atoms. The Bertz CT molecular complexity index is 540. The minimum atomic E-state index is -0.888. The van der Waals surface area contributed by atoms with Gasteiger partial charge in [0, 0.05) is 6.20 Å².